The van der Waals surface area contributed by atoms with E-state index in [4.69, 9.17) is 16.4 Å². The van der Waals surface area contributed by atoms with E-state index in [0.29, 0.717) is 23.6 Å². The van der Waals surface area contributed by atoms with Gasteiger partial charge in [-0.2, -0.15) is 5.10 Å². The number of nitrogens with zero attached hydrogens (tertiary/aromatic N) is 5. The molecule has 0 aliphatic carbocycles. The maximum Gasteiger partial charge on any atom is 0.338 e. The number of pyridine rings is 1. The van der Waals surface area contributed by atoms with Gasteiger partial charge in [0.15, 0.2) is 0 Å². The number of ether oxygens (including phenoxy) is 1. The molecule has 10 nitrogen and oxygen atoms in total. The molecule has 3 aliphatic heterocycles. The van der Waals surface area contributed by atoms with Crippen molar-refractivity contribution in [1.29, 1.82) is 0 Å². The molecule has 1 spiro atoms. The number of amides is 1. The number of likely N-dealkylation sites (tertiary alicyclic amines) is 2. The van der Waals surface area contributed by atoms with Gasteiger partial charge in [-0.25, -0.2) is 15.6 Å². The molecule has 1 aromatic carbocycles. The lowest BCUT2D eigenvalue weighted by atomic mass is 9.76. The van der Waals surface area contributed by atoms with Crippen molar-refractivity contribution in [3.05, 3.63) is 58.4 Å². The van der Waals surface area contributed by atoms with E-state index in [1.54, 1.807) is 18.3 Å². The number of benzene rings is 1. The van der Waals surface area contributed by atoms with Gasteiger partial charge < -0.3 is 20.4 Å². The van der Waals surface area contributed by atoms with Crippen LogP contribution in [0.3, 0.4) is 0 Å². The zero-order chi connectivity index (χ0) is 24.6. The van der Waals surface area contributed by atoms with Gasteiger partial charge in [-0.3, -0.25) is 9.80 Å². The van der Waals surface area contributed by atoms with E-state index in [0.717, 1.165) is 57.4 Å². The number of cyclic esters (lactones) is 1. The van der Waals surface area contributed by atoms with E-state index < -0.39 is 0 Å². The summed E-state index contributed by atoms with van der Waals surface area (Å²) in [7, 11) is 0. The summed E-state index contributed by atoms with van der Waals surface area (Å²) in [5.41, 5.74) is 5.12. The number of esters is 1. The molecule has 2 aromatic rings. The maximum absolute atomic E-state index is 13.2. The van der Waals surface area contributed by atoms with Crippen LogP contribution in [0.15, 0.2) is 35.6 Å². The molecule has 3 aliphatic rings. The van der Waals surface area contributed by atoms with Gasteiger partial charge in [0, 0.05) is 37.3 Å². The molecule has 0 atom stereocenters. The molecule has 4 heterocycles. The normalized spacial score (nSPS) is 19.0. The zero-order valence-corrected chi connectivity index (χ0v) is 19.9. The zero-order valence-electron chi connectivity index (χ0n) is 19.9. The Morgan fingerprint density at radius 2 is 2.00 bits per heavy atom. The van der Waals surface area contributed by atoms with Crippen LogP contribution in [0.5, 0.6) is 0 Å². The lowest BCUT2D eigenvalue weighted by Crippen LogP contribution is -2.65. The van der Waals surface area contributed by atoms with Crippen molar-refractivity contribution >= 4 is 23.9 Å². The summed E-state index contributed by atoms with van der Waals surface area (Å²) in [5, 5.41) is 4.64. The van der Waals surface area contributed by atoms with Crippen molar-refractivity contribution in [3.8, 4) is 0 Å². The first-order chi connectivity index (χ1) is 16.9. The van der Waals surface area contributed by atoms with Crippen molar-refractivity contribution in [2.75, 3.05) is 31.2 Å². The number of piperidine rings is 1. The molecule has 0 saturated carbocycles. The average Bonchev–Trinajstić information content (AvgIpc) is 3.25. The summed E-state index contributed by atoms with van der Waals surface area (Å²) in [6, 6.07) is 7.39. The highest BCUT2D eigenvalue weighted by molar-refractivity contribution is 5.94. The molecule has 2 saturated heterocycles. The number of fused-ring (bicyclic) bond motifs is 1. The van der Waals surface area contributed by atoms with Gasteiger partial charge in [-0.05, 0) is 61.9 Å². The maximum atomic E-state index is 13.2. The Balaban J connectivity index is 1.16. The molecular formula is C25H31N7O3. The first kappa shape index (κ1) is 23.3. The first-order valence-electron chi connectivity index (χ1n) is 12.0. The SMILES string of the molecule is Cc1c(CCN2CCC3(CC2)CCN3C(=O)c2ccc(N(N)/C=N\N)cn2)ccc2c1COC2=O. The van der Waals surface area contributed by atoms with Crippen LogP contribution in [0.4, 0.5) is 5.69 Å². The van der Waals surface area contributed by atoms with Crippen molar-refractivity contribution in [2.24, 2.45) is 16.8 Å². The fourth-order valence-electron chi connectivity index (χ4n) is 5.46. The minimum absolute atomic E-state index is 0.0298. The molecule has 1 aromatic heterocycles. The highest BCUT2D eigenvalue weighted by Crippen LogP contribution is 2.41. The molecule has 10 heteroatoms. The Morgan fingerprint density at radius 3 is 2.66 bits per heavy atom. The first-order valence-corrected chi connectivity index (χ1v) is 12.0. The molecule has 0 radical (unpaired) electrons. The van der Waals surface area contributed by atoms with Gasteiger partial charge in [0.1, 0.15) is 18.6 Å². The van der Waals surface area contributed by atoms with Crippen LogP contribution in [0.25, 0.3) is 0 Å². The van der Waals surface area contributed by atoms with Crippen LogP contribution in [-0.2, 0) is 17.8 Å². The topological polar surface area (TPSA) is 130 Å². The Labute approximate surface area is 204 Å². The predicted molar refractivity (Wildman–Crippen MR) is 132 cm³/mol. The summed E-state index contributed by atoms with van der Waals surface area (Å²) >= 11 is 0. The van der Waals surface area contributed by atoms with Crippen LogP contribution in [0.2, 0.25) is 0 Å². The number of aromatic nitrogens is 1. The van der Waals surface area contributed by atoms with Gasteiger partial charge in [0.25, 0.3) is 5.91 Å². The second kappa shape index (κ2) is 9.27. The number of hydrogen-bond acceptors (Lipinski definition) is 8. The third kappa shape index (κ3) is 4.23. The molecule has 2 fully saturated rings. The smallest absolute Gasteiger partial charge is 0.338 e. The van der Waals surface area contributed by atoms with Crippen molar-refractivity contribution in [3.63, 3.8) is 0 Å². The highest BCUT2D eigenvalue weighted by Gasteiger charge is 2.49. The van der Waals surface area contributed by atoms with Crippen molar-refractivity contribution in [1.82, 2.24) is 14.8 Å². The standard InChI is InChI=1S/C25H31N7O3/c1-17-18(2-4-20-21(17)15-35-24(20)34)6-10-30-11-7-25(8-12-30)9-13-31(25)23(33)22-5-3-19(14-28-22)32(27)16-29-26/h2-5,14,16H,6-13,15,26-27H2,1H3/b29-16-. The summed E-state index contributed by atoms with van der Waals surface area (Å²) in [5.74, 6) is 10.7. The van der Waals surface area contributed by atoms with Crippen LogP contribution in [0, 0.1) is 6.92 Å². The molecule has 4 N–H and O–H groups in total. The van der Waals surface area contributed by atoms with Gasteiger partial charge in [-0.15, -0.1) is 0 Å². The van der Waals surface area contributed by atoms with Gasteiger partial charge in [-0.1, -0.05) is 6.07 Å². The van der Waals surface area contributed by atoms with E-state index >= 15 is 0 Å². The predicted octanol–water partition coefficient (Wildman–Crippen LogP) is 1.57. The van der Waals surface area contributed by atoms with Crippen LogP contribution in [-0.4, -0.2) is 64.7 Å². The molecular weight excluding hydrogens is 446 g/mol. The molecule has 35 heavy (non-hydrogen) atoms. The second-order valence-electron chi connectivity index (χ2n) is 9.55. The van der Waals surface area contributed by atoms with E-state index in [1.807, 2.05) is 11.0 Å². The van der Waals surface area contributed by atoms with Crippen LogP contribution >= 0.6 is 0 Å². The third-order valence-electron chi connectivity index (χ3n) is 7.84. The Kier molecular flexibility index (Phi) is 6.16. The van der Waals surface area contributed by atoms with E-state index in [2.05, 4.69) is 28.0 Å². The fourth-order valence-corrected chi connectivity index (χ4v) is 5.46. The molecule has 0 bridgehead atoms. The minimum atomic E-state index is -0.218. The number of carbonyl (C=O) groups is 2. The molecule has 184 valence electrons. The number of hydrazine groups is 1. The summed E-state index contributed by atoms with van der Waals surface area (Å²) in [6.45, 7) is 6.11. The largest absolute Gasteiger partial charge is 0.457 e. The molecule has 1 amide bonds. The number of carbonyl (C=O) groups excluding carboxylic acids is 2. The monoisotopic (exact) mass is 477 g/mol. The minimum Gasteiger partial charge on any atom is -0.457 e. The number of anilines is 1. The van der Waals surface area contributed by atoms with Crippen LogP contribution < -0.4 is 16.7 Å². The fraction of sp³-hybridized carbons (Fsp3) is 0.440. The molecule has 5 rings (SSSR count). The van der Waals surface area contributed by atoms with Gasteiger partial charge in [0.2, 0.25) is 0 Å². The van der Waals surface area contributed by atoms with Crippen LogP contribution in [0.1, 0.15) is 56.8 Å². The lowest BCUT2D eigenvalue weighted by molar-refractivity contribution is -0.0387. The Hall–Kier alpha value is -3.50. The Bertz CT molecular complexity index is 1160. The number of hydrogen-bond donors (Lipinski definition) is 2. The second-order valence-corrected chi connectivity index (χ2v) is 9.55. The van der Waals surface area contributed by atoms with E-state index in [1.165, 1.54) is 22.5 Å². The third-order valence-corrected chi connectivity index (χ3v) is 7.84. The summed E-state index contributed by atoms with van der Waals surface area (Å²) in [6.07, 6.45) is 6.72. The summed E-state index contributed by atoms with van der Waals surface area (Å²) in [4.78, 5) is 33.8. The van der Waals surface area contributed by atoms with Crippen molar-refractivity contribution < 1.29 is 14.3 Å². The molecule has 0 unspecified atom stereocenters. The van der Waals surface area contributed by atoms with E-state index in [9.17, 15) is 9.59 Å². The number of nitrogens with two attached hydrogens (primary N) is 2. The Morgan fingerprint density at radius 1 is 1.23 bits per heavy atom. The van der Waals surface area contributed by atoms with Crippen molar-refractivity contribution in [2.45, 2.75) is 44.8 Å². The summed E-state index contributed by atoms with van der Waals surface area (Å²) < 4.78 is 5.18. The lowest BCUT2D eigenvalue weighted by Gasteiger charge is -2.56. The average molecular weight is 478 g/mol. The van der Waals surface area contributed by atoms with Gasteiger partial charge >= 0.3 is 5.97 Å². The number of rotatable bonds is 6. The van der Waals surface area contributed by atoms with Gasteiger partial charge in [0.05, 0.1) is 17.4 Å². The highest BCUT2D eigenvalue weighted by atomic mass is 16.5. The van der Waals surface area contributed by atoms with E-state index in [-0.39, 0.29) is 17.4 Å². The number of hydrazone groups is 1. The quantitative estimate of drug-likeness (QED) is 0.211.